The van der Waals surface area contributed by atoms with Gasteiger partial charge in [0, 0.05) is 27.8 Å². The molecule has 0 radical (unpaired) electrons. The van der Waals surface area contributed by atoms with Crippen LogP contribution in [0.3, 0.4) is 0 Å². The smallest absolute Gasteiger partial charge is 0.136 e. The van der Waals surface area contributed by atoms with Crippen molar-refractivity contribution in [1.82, 2.24) is 0 Å². The minimum atomic E-state index is 0.899. The molecule has 0 bridgehead atoms. The number of anilines is 3. The van der Waals surface area contributed by atoms with Gasteiger partial charge in [0.15, 0.2) is 0 Å². The lowest BCUT2D eigenvalue weighted by Crippen LogP contribution is -2.09. The van der Waals surface area contributed by atoms with Crippen LogP contribution >= 0.6 is 0 Å². The molecule has 290 valence electrons. The molecule has 2 heteroatoms. The van der Waals surface area contributed by atoms with E-state index in [9.17, 15) is 0 Å². The maximum absolute atomic E-state index is 6.52. The summed E-state index contributed by atoms with van der Waals surface area (Å²) in [5.74, 6) is 0. The van der Waals surface area contributed by atoms with Crippen molar-refractivity contribution in [2.45, 2.75) is 0 Å². The van der Waals surface area contributed by atoms with Crippen LogP contribution < -0.4 is 4.90 Å². The van der Waals surface area contributed by atoms with E-state index in [-0.39, 0.29) is 0 Å². The number of fused-ring (bicyclic) bond motifs is 8. The molecule has 0 unspecified atom stereocenters. The van der Waals surface area contributed by atoms with Gasteiger partial charge >= 0.3 is 0 Å². The van der Waals surface area contributed by atoms with Gasteiger partial charge < -0.3 is 9.32 Å². The van der Waals surface area contributed by atoms with E-state index in [4.69, 9.17) is 4.42 Å². The van der Waals surface area contributed by atoms with Crippen molar-refractivity contribution < 1.29 is 4.42 Å². The fraction of sp³-hybridized carbons (Fsp3) is 0. The second kappa shape index (κ2) is 14.8. The largest absolute Gasteiger partial charge is 0.456 e. The van der Waals surface area contributed by atoms with Crippen LogP contribution in [0.25, 0.3) is 98.8 Å². The lowest BCUT2D eigenvalue weighted by molar-refractivity contribution is 0.669. The molecule has 0 N–H and O–H groups in total. The molecule has 0 saturated carbocycles. The molecule has 1 heterocycles. The summed E-state index contributed by atoms with van der Waals surface area (Å²) in [6, 6.07) is 85.4. The molecule has 12 aromatic rings. The Bertz CT molecular complexity index is 3610. The Morgan fingerprint density at radius 2 is 0.790 bits per heavy atom. The van der Waals surface area contributed by atoms with Crippen LogP contribution in [0.4, 0.5) is 17.1 Å². The quantitative estimate of drug-likeness (QED) is 0.150. The summed E-state index contributed by atoms with van der Waals surface area (Å²) < 4.78 is 6.52. The number of hydrogen-bond acceptors (Lipinski definition) is 2. The maximum atomic E-state index is 6.52. The predicted molar refractivity (Wildman–Crippen MR) is 263 cm³/mol. The molecular formula is C60H39NO. The molecule has 1 aromatic heterocycles. The van der Waals surface area contributed by atoms with E-state index in [0.29, 0.717) is 0 Å². The highest BCUT2D eigenvalue weighted by Gasteiger charge is 2.18. The summed E-state index contributed by atoms with van der Waals surface area (Å²) >= 11 is 0. The first kappa shape index (κ1) is 35.7. The van der Waals surface area contributed by atoms with Crippen molar-refractivity contribution in [2.75, 3.05) is 4.90 Å². The first-order chi connectivity index (χ1) is 30.7. The summed E-state index contributed by atoms with van der Waals surface area (Å²) in [5.41, 5.74) is 14.5. The lowest BCUT2D eigenvalue weighted by Gasteiger charge is -2.26. The molecule has 0 fully saturated rings. The molecule has 11 aromatic carbocycles. The fourth-order valence-electron chi connectivity index (χ4n) is 9.46. The van der Waals surface area contributed by atoms with E-state index in [0.717, 1.165) is 61.3 Å². The summed E-state index contributed by atoms with van der Waals surface area (Å²) in [7, 11) is 0. The standard InChI is InChI=1S/C60H39NO/c1-3-14-40(15-4-1)43-17-13-18-45(36-43)56-39-59-60(54-24-11-12-25-58(54)62-59)53-35-30-44(37-57(53)56)41-26-31-48(32-27-41)61(47-19-5-2-6-20-47)49-33-28-42(29-34-49)55-38-46-16-7-8-21-50(46)51-22-9-10-23-52(51)55/h1-39H. The Labute approximate surface area is 360 Å². The van der Waals surface area contributed by atoms with Crippen LogP contribution in [0.2, 0.25) is 0 Å². The Morgan fingerprint density at radius 1 is 0.258 bits per heavy atom. The lowest BCUT2D eigenvalue weighted by atomic mass is 9.91. The number of para-hydroxylation sites is 2. The van der Waals surface area contributed by atoms with Gasteiger partial charge in [-0.25, -0.2) is 0 Å². The first-order valence-electron chi connectivity index (χ1n) is 21.2. The van der Waals surface area contributed by atoms with Gasteiger partial charge in [0.25, 0.3) is 0 Å². The van der Waals surface area contributed by atoms with E-state index in [1.54, 1.807) is 0 Å². The van der Waals surface area contributed by atoms with Crippen LogP contribution in [-0.4, -0.2) is 0 Å². The van der Waals surface area contributed by atoms with Gasteiger partial charge in [0.05, 0.1) is 0 Å². The van der Waals surface area contributed by atoms with Crippen molar-refractivity contribution in [3.8, 4) is 44.5 Å². The van der Waals surface area contributed by atoms with Crippen molar-refractivity contribution in [3.63, 3.8) is 0 Å². The summed E-state index contributed by atoms with van der Waals surface area (Å²) in [5, 5.41) is 9.73. The topological polar surface area (TPSA) is 16.4 Å². The molecule has 0 aliphatic heterocycles. The molecule has 0 amide bonds. The number of benzene rings is 11. The zero-order valence-corrected chi connectivity index (χ0v) is 33.9. The van der Waals surface area contributed by atoms with E-state index in [2.05, 4.69) is 235 Å². The monoisotopic (exact) mass is 789 g/mol. The van der Waals surface area contributed by atoms with Crippen LogP contribution in [0.15, 0.2) is 241 Å². The molecule has 0 aliphatic rings. The molecule has 0 spiro atoms. The van der Waals surface area contributed by atoms with Crippen LogP contribution in [-0.2, 0) is 0 Å². The second-order valence-corrected chi connectivity index (χ2v) is 16.1. The van der Waals surface area contributed by atoms with Gasteiger partial charge in [-0.3, -0.25) is 0 Å². The third-order valence-electron chi connectivity index (χ3n) is 12.4. The van der Waals surface area contributed by atoms with Gasteiger partial charge in [0.2, 0.25) is 0 Å². The number of nitrogens with zero attached hydrogens (tertiary/aromatic N) is 1. The minimum Gasteiger partial charge on any atom is -0.456 e. The van der Waals surface area contributed by atoms with Crippen LogP contribution in [0.5, 0.6) is 0 Å². The molecule has 62 heavy (non-hydrogen) atoms. The highest BCUT2D eigenvalue weighted by molar-refractivity contribution is 6.22. The highest BCUT2D eigenvalue weighted by atomic mass is 16.3. The highest BCUT2D eigenvalue weighted by Crippen LogP contribution is 2.43. The SMILES string of the molecule is c1ccc(-c2cccc(-c3cc4oc5ccccc5c4c4ccc(-c5ccc(N(c6ccccc6)c6ccc(-c7cc8ccccc8c8ccccc78)cc6)cc5)cc34)c2)cc1. The normalized spacial score (nSPS) is 11.5. The molecule has 0 saturated heterocycles. The van der Waals surface area contributed by atoms with E-state index in [1.165, 1.54) is 54.6 Å². The Balaban J connectivity index is 0.948. The van der Waals surface area contributed by atoms with E-state index >= 15 is 0 Å². The van der Waals surface area contributed by atoms with Gasteiger partial charge in [-0.1, -0.05) is 170 Å². The fourth-order valence-corrected chi connectivity index (χ4v) is 9.46. The van der Waals surface area contributed by atoms with Gasteiger partial charge in [0.1, 0.15) is 11.2 Å². The summed E-state index contributed by atoms with van der Waals surface area (Å²) in [6.45, 7) is 0. The third-order valence-corrected chi connectivity index (χ3v) is 12.4. The van der Waals surface area contributed by atoms with E-state index < -0.39 is 0 Å². The van der Waals surface area contributed by atoms with Crippen LogP contribution in [0, 0.1) is 0 Å². The van der Waals surface area contributed by atoms with Crippen molar-refractivity contribution >= 4 is 71.3 Å². The number of hydrogen-bond donors (Lipinski definition) is 0. The number of furan rings is 1. The predicted octanol–water partition coefficient (Wildman–Crippen LogP) is 17.2. The van der Waals surface area contributed by atoms with Crippen molar-refractivity contribution in [1.29, 1.82) is 0 Å². The van der Waals surface area contributed by atoms with Gasteiger partial charge in [-0.2, -0.15) is 0 Å². The maximum Gasteiger partial charge on any atom is 0.136 e. The first-order valence-corrected chi connectivity index (χ1v) is 21.2. The summed E-state index contributed by atoms with van der Waals surface area (Å²) in [6.07, 6.45) is 0. The van der Waals surface area contributed by atoms with Crippen molar-refractivity contribution in [3.05, 3.63) is 237 Å². The van der Waals surface area contributed by atoms with Crippen LogP contribution in [0.1, 0.15) is 0 Å². The Kier molecular flexibility index (Phi) is 8.53. The molecule has 0 atom stereocenters. The van der Waals surface area contributed by atoms with Gasteiger partial charge in [-0.15, -0.1) is 0 Å². The zero-order valence-electron chi connectivity index (χ0n) is 33.9. The van der Waals surface area contributed by atoms with Gasteiger partial charge in [-0.05, 0) is 144 Å². The Hall–Kier alpha value is -8.20. The summed E-state index contributed by atoms with van der Waals surface area (Å²) in [4.78, 5) is 2.34. The Morgan fingerprint density at radius 3 is 1.56 bits per heavy atom. The third kappa shape index (κ3) is 6.12. The zero-order chi connectivity index (χ0) is 41.0. The molecular weight excluding hydrogens is 751 g/mol. The van der Waals surface area contributed by atoms with E-state index in [1.807, 2.05) is 6.07 Å². The average molecular weight is 790 g/mol. The molecule has 12 rings (SSSR count). The van der Waals surface area contributed by atoms with Crippen molar-refractivity contribution in [2.24, 2.45) is 0 Å². The molecule has 0 aliphatic carbocycles. The molecule has 2 nitrogen and oxygen atoms in total. The average Bonchev–Trinajstić information content (AvgIpc) is 3.73. The number of rotatable bonds is 7. The second-order valence-electron chi connectivity index (χ2n) is 16.1. The minimum absolute atomic E-state index is 0.899.